The van der Waals surface area contributed by atoms with E-state index in [1.54, 1.807) is 32.4 Å². The van der Waals surface area contributed by atoms with Crippen LogP contribution in [0.2, 0.25) is 0 Å². The highest BCUT2D eigenvalue weighted by Crippen LogP contribution is 2.52. The van der Waals surface area contributed by atoms with Crippen LogP contribution < -0.4 is 14.2 Å². The number of carbonyl (C=O) groups excluding carboxylic acids is 1. The quantitative estimate of drug-likeness (QED) is 0.611. The summed E-state index contributed by atoms with van der Waals surface area (Å²) in [7, 11) is 3.19. The molecule has 0 radical (unpaired) electrons. The van der Waals surface area contributed by atoms with Crippen LogP contribution in [-0.4, -0.2) is 37.7 Å². The van der Waals surface area contributed by atoms with Gasteiger partial charge in [-0.15, -0.1) is 0 Å². The number of methoxy groups -OCH3 is 2. The Morgan fingerprint density at radius 1 is 0.867 bits per heavy atom. The van der Waals surface area contributed by atoms with Crippen LogP contribution in [0.3, 0.4) is 0 Å². The lowest BCUT2D eigenvalue weighted by atomic mass is 9.66. The fraction of sp³-hybridized carbons (Fsp3) is 0.240. The number of nitrogens with zero attached hydrogens (tertiary/aromatic N) is 1. The summed E-state index contributed by atoms with van der Waals surface area (Å²) in [4.78, 5) is 15.2. The summed E-state index contributed by atoms with van der Waals surface area (Å²) in [6.45, 7) is 0.673. The Balaban J connectivity index is 1.65. The molecule has 0 aliphatic carbocycles. The maximum Gasteiger partial charge on any atom is 0.268 e. The van der Waals surface area contributed by atoms with E-state index in [0.29, 0.717) is 23.8 Å². The van der Waals surface area contributed by atoms with Gasteiger partial charge in [0, 0.05) is 24.7 Å². The van der Waals surface area contributed by atoms with Crippen LogP contribution in [-0.2, 0) is 16.8 Å². The van der Waals surface area contributed by atoms with Crippen molar-refractivity contribution in [2.24, 2.45) is 0 Å². The van der Waals surface area contributed by atoms with Crippen molar-refractivity contribution in [1.29, 1.82) is 0 Å². The molecule has 1 saturated heterocycles. The van der Waals surface area contributed by atoms with Gasteiger partial charge in [0.1, 0.15) is 22.8 Å². The molecule has 0 bridgehead atoms. The fourth-order valence-electron chi connectivity index (χ4n) is 4.76. The molecule has 5 nitrogen and oxygen atoms in total. The van der Waals surface area contributed by atoms with Gasteiger partial charge in [-0.05, 0) is 23.1 Å². The van der Waals surface area contributed by atoms with Crippen LogP contribution in [0.1, 0.15) is 16.7 Å². The number of β-lactam (4-membered cyclic amide) rings is 1. The molecule has 5 heteroatoms. The molecular weight excluding hydrogens is 378 g/mol. The molecule has 2 aliphatic heterocycles. The maximum absolute atomic E-state index is 13.2. The fourth-order valence-corrected chi connectivity index (χ4v) is 4.76. The molecule has 2 atom stereocenters. The Morgan fingerprint density at radius 3 is 2.20 bits per heavy atom. The zero-order chi connectivity index (χ0) is 20.7. The van der Waals surface area contributed by atoms with E-state index in [1.165, 1.54) is 5.56 Å². The van der Waals surface area contributed by atoms with Crippen molar-refractivity contribution >= 4 is 5.91 Å². The van der Waals surface area contributed by atoms with E-state index in [2.05, 4.69) is 30.3 Å². The summed E-state index contributed by atoms with van der Waals surface area (Å²) >= 11 is 0. The number of benzene rings is 3. The van der Waals surface area contributed by atoms with Crippen LogP contribution >= 0.6 is 0 Å². The highest BCUT2D eigenvalue weighted by molar-refractivity contribution is 5.94. The lowest BCUT2D eigenvalue weighted by Crippen LogP contribution is -2.76. The van der Waals surface area contributed by atoms with Gasteiger partial charge in [0.2, 0.25) is 6.10 Å². The van der Waals surface area contributed by atoms with E-state index in [1.807, 2.05) is 29.2 Å². The molecule has 3 aromatic rings. The Hall–Kier alpha value is -3.47. The first kappa shape index (κ1) is 18.6. The van der Waals surface area contributed by atoms with Gasteiger partial charge in [0.05, 0.1) is 14.2 Å². The van der Waals surface area contributed by atoms with Crippen molar-refractivity contribution in [3.63, 3.8) is 0 Å². The minimum absolute atomic E-state index is 0.00450. The van der Waals surface area contributed by atoms with Gasteiger partial charge in [0.25, 0.3) is 5.91 Å². The number of ether oxygens (including phenoxy) is 3. The molecule has 3 aromatic carbocycles. The summed E-state index contributed by atoms with van der Waals surface area (Å²) in [5, 5.41) is 0. The van der Waals surface area contributed by atoms with Gasteiger partial charge in [-0.2, -0.15) is 0 Å². The Labute approximate surface area is 175 Å². The number of fused-ring (bicyclic) bond motifs is 3. The smallest absolute Gasteiger partial charge is 0.268 e. The van der Waals surface area contributed by atoms with Gasteiger partial charge in [-0.3, -0.25) is 4.79 Å². The standard InChI is InChI=1S/C25H23NO4/c1-28-19-14-20(29-2)16-21(15-19)30-23-24(27)26-13-12-17-8-6-7-11-22(17)25(23,26)18-9-4-3-5-10-18/h3-11,14-16,23H,12-13H2,1-2H3/t23-,25-/m1/s1. The molecular formula is C25H23NO4. The van der Waals surface area contributed by atoms with Crippen molar-refractivity contribution in [2.45, 2.75) is 18.1 Å². The second kappa shape index (κ2) is 7.10. The molecule has 0 unspecified atom stereocenters. The summed E-state index contributed by atoms with van der Waals surface area (Å²) in [6.07, 6.45) is 0.175. The Kier molecular flexibility index (Phi) is 4.39. The molecule has 152 valence electrons. The van der Waals surface area contributed by atoms with Gasteiger partial charge < -0.3 is 19.1 Å². The second-order valence-electron chi connectivity index (χ2n) is 7.58. The molecule has 2 aliphatic rings. The van der Waals surface area contributed by atoms with Crippen LogP contribution in [0.25, 0.3) is 0 Å². The molecule has 30 heavy (non-hydrogen) atoms. The maximum atomic E-state index is 13.2. The largest absolute Gasteiger partial charge is 0.496 e. The van der Waals surface area contributed by atoms with Gasteiger partial charge in [0.15, 0.2) is 0 Å². The number of rotatable bonds is 5. The van der Waals surface area contributed by atoms with E-state index in [9.17, 15) is 4.79 Å². The third kappa shape index (κ3) is 2.58. The number of hydrogen-bond donors (Lipinski definition) is 0. The van der Waals surface area contributed by atoms with E-state index >= 15 is 0 Å². The van der Waals surface area contributed by atoms with E-state index in [0.717, 1.165) is 17.5 Å². The lowest BCUT2D eigenvalue weighted by Gasteiger charge is -2.59. The van der Waals surface area contributed by atoms with Crippen molar-refractivity contribution in [3.8, 4) is 17.2 Å². The topological polar surface area (TPSA) is 48.0 Å². The zero-order valence-electron chi connectivity index (χ0n) is 17.0. The van der Waals surface area contributed by atoms with E-state index in [4.69, 9.17) is 14.2 Å². The number of carbonyl (C=O) groups is 1. The summed E-state index contributed by atoms with van der Waals surface area (Å²) in [6, 6.07) is 23.8. The van der Waals surface area contributed by atoms with Crippen LogP contribution in [0.15, 0.2) is 72.8 Å². The van der Waals surface area contributed by atoms with E-state index < -0.39 is 11.6 Å². The monoisotopic (exact) mass is 401 g/mol. The van der Waals surface area contributed by atoms with Crippen molar-refractivity contribution in [3.05, 3.63) is 89.5 Å². The third-order valence-electron chi connectivity index (χ3n) is 6.12. The normalized spacial score (nSPS) is 21.9. The van der Waals surface area contributed by atoms with Crippen molar-refractivity contribution < 1.29 is 19.0 Å². The van der Waals surface area contributed by atoms with Crippen LogP contribution in [0.4, 0.5) is 0 Å². The van der Waals surface area contributed by atoms with Crippen molar-refractivity contribution in [1.82, 2.24) is 4.90 Å². The molecule has 0 saturated carbocycles. The summed E-state index contributed by atoms with van der Waals surface area (Å²) in [5.41, 5.74) is 2.78. The first-order valence-electron chi connectivity index (χ1n) is 10.0. The first-order valence-corrected chi connectivity index (χ1v) is 10.0. The Morgan fingerprint density at radius 2 is 1.50 bits per heavy atom. The molecule has 2 heterocycles. The number of hydrogen-bond acceptors (Lipinski definition) is 4. The molecule has 0 N–H and O–H groups in total. The SMILES string of the molecule is COc1cc(OC)cc(O[C@@H]2C(=O)N3CCc4ccccc4[C@]23c2ccccc2)c1. The van der Waals surface area contributed by atoms with Gasteiger partial charge in [-0.1, -0.05) is 54.6 Å². The first-order chi connectivity index (χ1) is 14.7. The Bertz CT molecular complexity index is 1080. The van der Waals surface area contributed by atoms with Gasteiger partial charge >= 0.3 is 0 Å². The lowest BCUT2D eigenvalue weighted by molar-refractivity contribution is -0.178. The van der Waals surface area contributed by atoms with E-state index in [-0.39, 0.29) is 5.91 Å². The molecule has 1 amide bonds. The highest BCUT2D eigenvalue weighted by Gasteiger charge is 2.65. The molecule has 0 spiro atoms. The van der Waals surface area contributed by atoms with Crippen LogP contribution in [0.5, 0.6) is 17.2 Å². The average molecular weight is 401 g/mol. The molecule has 1 fully saturated rings. The summed E-state index contributed by atoms with van der Waals surface area (Å²) < 4.78 is 17.1. The average Bonchev–Trinajstić information content (AvgIpc) is 2.81. The predicted octanol–water partition coefficient (Wildman–Crippen LogP) is 3.79. The minimum atomic E-state index is -0.668. The molecule has 5 rings (SSSR count). The molecule has 0 aromatic heterocycles. The number of amides is 1. The predicted molar refractivity (Wildman–Crippen MR) is 113 cm³/mol. The second-order valence-corrected chi connectivity index (χ2v) is 7.58. The highest BCUT2D eigenvalue weighted by atomic mass is 16.5. The third-order valence-corrected chi connectivity index (χ3v) is 6.12. The minimum Gasteiger partial charge on any atom is -0.496 e. The van der Waals surface area contributed by atoms with Crippen LogP contribution in [0, 0.1) is 0 Å². The van der Waals surface area contributed by atoms with Crippen molar-refractivity contribution in [2.75, 3.05) is 20.8 Å². The summed E-state index contributed by atoms with van der Waals surface area (Å²) in [5.74, 6) is 1.77. The zero-order valence-corrected chi connectivity index (χ0v) is 17.0. The van der Waals surface area contributed by atoms with Gasteiger partial charge in [-0.25, -0.2) is 0 Å².